The van der Waals surface area contributed by atoms with Crippen LogP contribution >= 0.6 is 11.3 Å². The van der Waals surface area contributed by atoms with Crippen LogP contribution in [0.4, 0.5) is 5.13 Å². The number of amides is 1. The van der Waals surface area contributed by atoms with Crippen LogP contribution in [0.2, 0.25) is 0 Å². The molecular formula is C18H20N4O2S. The average Bonchev–Trinajstić information content (AvgIpc) is 2.94. The second-order valence-electron chi connectivity index (χ2n) is 5.33. The lowest BCUT2D eigenvalue weighted by Gasteiger charge is -2.06. The van der Waals surface area contributed by atoms with E-state index in [-0.39, 0.29) is 5.57 Å². The number of nitrogens with zero attached hydrogens (tertiary/aromatic N) is 2. The van der Waals surface area contributed by atoms with Gasteiger partial charge in [0.1, 0.15) is 17.4 Å². The normalized spacial score (nSPS) is 10.9. The second kappa shape index (κ2) is 8.85. The smallest absolute Gasteiger partial charge is 0.263 e. The number of nitrogens with one attached hydrogen (secondary N) is 2. The van der Waals surface area contributed by atoms with Gasteiger partial charge in [0.2, 0.25) is 0 Å². The summed E-state index contributed by atoms with van der Waals surface area (Å²) < 4.78 is 5.11. The van der Waals surface area contributed by atoms with Gasteiger partial charge in [-0.2, -0.15) is 5.26 Å². The molecule has 1 aromatic carbocycles. The monoisotopic (exact) mass is 356 g/mol. The summed E-state index contributed by atoms with van der Waals surface area (Å²) in [5.41, 5.74) is 2.03. The van der Waals surface area contributed by atoms with Gasteiger partial charge < -0.3 is 15.4 Å². The van der Waals surface area contributed by atoms with E-state index in [4.69, 9.17) is 10.00 Å². The maximum absolute atomic E-state index is 12.1. The maximum atomic E-state index is 12.1. The molecule has 0 aliphatic carbocycles. The number of hydrogen-bond acceptors (Lipinski definition) is 6. The zero-order chi connectivity index (χ0) is 18.2. The van der Waals surface area contributed by atoms with Crippen LogP contribution in [0.25, 0.3) is 0 Å². The van der Waals surface area contributed by atoms with Crippen molar-refractivity contribution in [1.29, 1.82) is 5.26 Å². The van der Waals surface area contributed by atoms with Crippen molar-refractivity contribution < 1.29 is 9.53 Å². The van der Waals surface area contributed by atoms with Crippen molar-refractivity contribution in [2.24, 2.45) is 0 Å². The molecule has 130 valence electrons. The molecule has 0 unspecified atom stereocenters. The number of methoxy groups -OCH3 is 1. The van der Waals surface area contributed by atoms with Crippen molar-refractivity contribution in [3.05, 3.63) is 52.2 Å². The molecule has 0 atom stereocenters. The summed E-state index contributed by atoms with van der Waals surface area (Å²) in [6, 6.07) is 9.54. The van der Waals surface area contributed by atoms with Crippen molar-refractivity contribution in [2.75, 3.05) is 19.0 Å². The van der Waals surface area contributed by atoms with Crippen molar-refractivity contribution in [2.45, 2.75) is 20.3 Å². The van der Waals surface area contributed by atoms with E-state index in [0.717, 1.165) is 21.9 Å². The number of rotatable bonds is 7. The molecule has 6 nitrogen and oxygen atoms in total. The van der Waals surface area contributed by atoms with E-state index in [1.165, 1.54) is 17.5 Å². The van der Waals surface area contributed by atoms with Crippen LogP contribution in [0, 0.1) is 25.2 Å². The number of aromatic nitrogens is 1. The van der Waals surface area contributed by atoms with Gasteiger partial charge in [0.15, 0.2) is 5.13 Å². The Labute approximate surface area is 151 Å². The number of hydrogen-bond donors (Lipinski definition) is 2. The standard InChI is InChI=1S/C18H20N4O2S/c1-12-13(2)25-18(22-12)21-11-15(10-19)17(23)20-9-8-14-4-6-16(24-3)7-5-14/h4-7,11H,8-9H2,1-3H3,(H,20,23)(H,21,22)/b15-11-. The first-order valence-electron chi connectivity index (χ1n) is 7.75. The van der Waals surface area contributed by atoms with Gasteiger partial charge >= 0.3 is 0 Å². The van der Waals surface area contributed by atoms with Gasteiger partial charge in [0.05, 0.1) is 12.8 Å². The fraction of sp³-hybridized carbons (Fsp3) is 0.278. The van der Waals surface area contributed by atoms with Gasteiger partial charge in [-0.1, -0.05) is 12.1 Å². The third-order valence-corrected chi connectivity index (χ3v) is 4.60. The molecule has 0 spiro atoms. The lowest BCUT2D eigenvalue weighted by Crippen LogP contribution is -2.27. The molecule has 0 bridgehead atoms. The van der Waals surface area contributed by atoms with E-state index >= 15 is 0 Å². The molecule has 0 saturated heterocycles. The Hall–Kier alpha value is -2.85. The van der Waals surface area contributed by atoms with Gasteiger partial charge in [-0.05, 0) is 38.0 Å². The van der Waals surface area contributed by atoms with Crippen LogP contribution in [0.5, 0.6) is 5.75 Å². The van der Waals surface area contributed by atoms with E-state index < -0.39 is 5.91 Å². The van der Waals surface area contributed by atoms with Gasteiger partial charge in [-0.25, -0.2) is 4.98 Å². The second-order valence-corrected chi connectivity index (χ2v) is 6.53. The van der Waals surface area contributed by atoms with Gasteiger partial charge in [-0.15, -0.1) is 11.3 Å². The minimum absolute atomic E-state index is 0.0141. The molecule has 0 aliphatic rings. The molecule has 1 amide bonds. The number of anilines is 1. The first-order chi connectivity index (χ1) is 12.0. The molecule has 1 aromatic heterocycles. The van der Waals surface area contributed by atoms with Gasteiger partial charge in [0, 0.05) is 17.6 Å². The fourth-order valence-corrected chi connectivity index (χ4v) is 2.81. The third-order valence-electron chi connectivity index (χ3n) is 3.59. The number of benzene rings is 1. The quantitative estimate of drug-likeness (QED) is 0.588. The average molecular weight is 356 g/mol. The molecule has 25 heavy (non-hydrogen) atoms. The predicted molar refractivity (Wildman–Crippen MR) is 98.6 cm³/mol. The number of thiazole rings is 1. The minimum Gasteiger partial charge on any atom is -0.497 e. The summed E-state index contributed by atoms with van der Waals surface area (Å²) in [6.07, 6.45) is 2.06. The lowest BCUT2D eigenvalue weighted by molar-refractivity contribution is -0.117. The van der Waals surface area contributed by atoms with E-state index in [2.05, 4.69) is 15.6 Å². The van der Waals surface area contributed by atoms with E-state index in [9.17, 15) is 4.79 Å². The summed E-state index contributed by atoms with van der Waals surface area (Å²) in [7, 11) is 1.62. The van der Waals surface area contributed by atoms with Crippen LogP contribution in [-0.2, 0) is 11.2 Å². The highest BCUT2D eigenvalue weighted by atomic mass is 32.1. The van der Waals surface area contributed by atoms with E-state index in [0.29, 0.717) is 18.1 Å². The Morgan fingerprint density at radius 3 is 2.64 bits per heavy atom. The van der Waals surface area contributed by atoms with Gasteiger partial charge in [0.25, 0.3) is 5.91 Å². The molecule has 7 heteroatoms. The Morgan fingerprint density at radius 1 is 1.36 bits per heavy atom. The molecular weight excluding hydrogens is 336 g/mol. The highest BCUT2D eigenvalue weighted by Crippen LogP contribution is 2.21. The topological polar surface area (TPSA) is 87.0 Å². The van der Waals surface area contributed by atoms with Crippen LogP contribution in [-0.4, -0.2) is 24.5 Å². The summed E-state index contributed by atoms with van der Waals surface area (Å²) in [6.45, 7) is 4.33. The maximum Gasteiger partial charge on any atom is 0.263 e. The van der Waals surface area contributed by atoms with E-state index in [1.54, 1.807) is 7.11 Å². The highest BCUT2D eigenvalue weighted by Gasteiger charge is 2.09. The molecule has 2 N–H and O–H groups in total. The predicted octanol–water partition coefficient (Wildman–Crippen LogP) is 2.95. The van der Waals surface area contributed by atoms with Crippen molar-refractivity contribution in [3.8, 4) is 11.8 Å². The first kappa shape index (κ1) is 18.5. The van der Waals surface area contributed by atoms with E-state index in [1.807, 2.05) is 44.2 Å². The summed E-state index contributed by atoms with van der Waals surface area (Å²) >= 11 is 1.48. The third kappa shape index (κ3) is 5.33. The largest absolute Gasteiger partial charge is 0.497 e. The Balaban J connectivity index is 1.86. The van der Waals surface area contributed by atoms with Crippen LogP contribution in [0.3, 0.4) is 0 Å². The molecule has 1 heterocycles. The summed E-state index contributed by atoms with van der Waals surface area (Å²) in [5, 5.41) is 15.5. The SMILES string of the molecule is COc1ccc(CCNC(=O)/C(C#N)=C\Nc2nc(C)c(C)s2)cc1. The number of carbonyl (C=O) groups is 1. The molecule has 0 aliphatic heterocycles. The zero-order valence-electron chi connectivity index (χ0n) is 14.4. The van der Waals surface area contributed by atoms with Crippen molar-refractivity contribution >= 4 is 22.4 Å². The van der Waals surface area contributed by atoms with Gasteiger partial charge in [-0.3, -0.25) is 4.79 Å². The summed E-state index contributed by atoms with van der Waals surface area (Å²) in [4.78, 5) is 17.5. The Kier molecular flexibility index (Phi) is 6.54. The number of aryl methyl sites for hydroxylation is 2. The van der Waals surface area contributed by atoms with Crippen LogP contribution in [0.1, 0.15) is 16.1 Å². The van der Waals surface area contributed by atoms with Crippen molar-refractivity contribution in [1.82, 2.24) is 10.3 Å². The fourth-order valence-electron chi connectivity index (χ4n) is 2.02. The molecule has 2 rings (SSSR count). The zero-order valence-corrected chi connectivity index (χ0v) is 15.2. The number of carbonyl (C=O) groups excluding carboxylic acids is 1. The minimum atomic E-state index is -0.409. The first-order valence-corrected chi connectivity index (χ1v) is 8.57. The molecule has 2 aromatic rings. The summed E-state index contributed by atoms with van der Waals surface area (Å²) in [5.74, 6) is 0.384. The van der Waals surface area contributed by atoms with Crippen molar-refractivity contribution in [3.63, 3.8) is 0 Å². The number of nitriles is 1. The lowest BCUT2D eigenvalue weighted by atomic mass is 10.1. The molecule has 0 fully saturated rings. The number of ether oxygens (including phenoxy) is 1. The van der Waals surface area contributed by atoms with Crippen LogP contribution < -0.4 is 15.4 Å². The molecule has 0 radical (unpaired) electrons. The highest BCUT2D eigenvalue weighted by molar-refractivity contribution is 7.15. The Bertz CT molecular complexity index is 784. The van der Waals surface area contributed by atoms with Crippen LogP contribution in [0.15, 0.2) is 36.0 Å². The Morgan fingerprint density at radius 2 is 2.08 bits per heavy atom. The molecule has 0 saturated carbocycles.